The minimum absolute atomic E-state index is 0.0689. The molecule has 128 valence electrons. The number of amides is 1. The summed E-state index contributed by atoms with van der Waals surface area (Å²) in [6.45, 7) is 3.50. The zero-order chi connectivity index (χ0) is 17.6. The average Bonchev–Trinajstić information content (AvgIpc) is 2.60. The van der Waals surface area contributed by atoms with Gasteiger partial charge in [0.15, 0.2) is 0 Å². The molecule has 0 aromatic heterocycles. The highest BCUT2D eigenvalue weighted by Crippen LogP contribution is 2.24. The van der Waals surface area contributed by atoms with Gasteiger partial charge in [0, 0.05) is 0 Å². The fourth-order valence-corrected chi connectivity index (χ4v) is 2.68. The van der Waals surface area contributed by atoms with Gasteiger partial charge in [-0.25, -0.2) is 0 Å². The van der Waals surface area contributed by atoms with E-state index >= 15 is 0 Å². The van der Waals surface area contributed by atoms with E-state index in [4.69, 9.17) is 0 Å². The molecule has 0 aliphatic rings. The quantitative estimate of drug-likeness (QED) is 0.732. The van der Waals surface area contributed by atoms with Crippen molar-refractivity contribution < 1.29 is 15.0 Å². The summed E-state index contributed by atoms with van der Waals surface area (Å²) in [7, 11) is 0. The lowest BCUT2D eigenvalue weighted by Crippen LogP contribution is -2.36. The molecular weight excluding hydrogens is 302 g/mol. The Morgan fingerprint density at radius 3 is 2.29 bits per heavy atom. The number of rotatable bonds is 7. The van der Waals surface area contributed by atoms with Crippen LogP contribution in [0.4, 0.5) is 0 Å². The number of aryl methyl sites for hydroxylation is 1. The van der Waals surface area contributed by atoms with Crippen LogP contribution >= 0.6 is 0 Å². The van der Waals surface area contributed by atoms with Crippen molar-refractivity contribution in [1.29, 1.82) is 0 Å². The molecule has 0 aliphatic carbocycles. The summed E-state index contributed by atoms with van der Waals surface area (Å²) in [5.41, 5.74) is 1.49. The van der Waals surface area contributed by atoms with Crippen LogP contribution in [0, 0.1) is 0 Å². The molecule has 0 aliphatic heterocycles. The Bertz CT molecular complexity index is 650. The molecule has 24 heavy (non-hydrogen) atoms. The molecule has 0 bridgehead atoms. The second kappa shape index (κ2) is 8.08. The van der Waals surface area contributed by atoms with E-state index in [0.29, 0.717) is 5.56 Å². The summed E-state index contributed by atoms with van der Waals surface area (Å²) in [6, 6.07) is 16.4. The van der Waals surface area contributed by atoms with Crippen molar-refractivity contribution >= 4 is 5.91 Å². The van der Waals surface area contributed by atoms with E-state index in [-0.39, 0.29) is 18.9 Å². The van der Waals surface area contributed by atoms with Crippen LogP contribution in [0.15, 0.2) is 54.6 Å². The van der Waals surface area contributed by atoms with Crippen LogP contribution in [0.1, 0.15) is 43.0 Å². The van der Waals surface area contributed by atoms with Gasteiger partial charge in [0.2, 0.25) is 5.91 Å². The van der Waals surface area contributed by atoms with E-state index in [1.54, 1.807) is 19.1 Å². The fraction of sp³-hybridized carbons (Fsp3) is 0.350. The molecule has 2 unspecified atom stereocenters. The molecular formula is C20H25NO3. The molecule has 0 saturated carbocycles. The Morgan fingerprint density at radius 2 is 1.75 bits per heavy atom. The van der Waals surface area contributed by atoms with E-state index in [1.165, 1.54) is 5.56 Å². The Kier molecular flexibility index (Phi) is 6.12. The van der Waals surface area contributed by atoms with Gasteiger partial charge in [0.25, 0.3) is 0 Å². The van der Waals surface area contributed by atoms with Crippen molar-refractivity contribution in [3.8, 4) is 0 Å². The van der Waals surface area contributed by atoms with E-state index in [9.17, 15) is 15.0 Å². The van der Waals surface area contributed by atoms with E-state index in [2.05, 4.69) is 12.2 Å². The summed E-state index contributed by atoms with van der Waals surface area (Å²) in [4.78, 5) is 12.3. The van der Waals surface area contributed by atoms with Gasteiger partial charge >= 0.3 is 0 Å². The van der Waals surface area contributed by atoms with Crippen LogP contribution in [0.2, 0.25) is 0 Å². The number of carbonyl (C=O) groups excluding carboxylic acids is 1. The van der Waals surface area contributed by atoms with Crippen LogP contribution in [-0.2, 0) is 16.8 Å². The predicted octanol–water partition coefficient (Wildman–Crippen LogP) is 2.70. The van der Waals surface area contributed by atoms with Crippen molar-refractivity contribution in [3.63, 3.8) is 0 Å². The van der Waals surface area contributed by atoms with Gasteiger partial charge in [-0.3, -0.25) is 4.79 Å². The maximum Gasteiger partial charge on any atom is 0.223 e. The molecule has 4 nitrogen and oxygen atoms in total. The number of hydrogen-bond acceptors (Lipinski definition) is 3. The lowest BCUT2D eigenvalue weighted by molar-refractivity contribution is -0.126. The summed E-state index contributed by atoms with van der Waals surface area (Å²) >= 11 is 0. The fourth-order valence-electron chi connectivity index (χ4n) is 2.68. The molecule has 0 fully saturated rings. The van der Waals surface area contributed by atoms with Gasteiger partial charge in [-0.1, -0.05) is 61.5 Å². The molecule has 0 radical (unpaired) electrons. The van der Waals surface area contributed by atoms with Crippen molar-refractivity contribution in [3.05, 3.63) is 71.3 Å². The molecule has 3 N–H and O–H groups in total. The first kappa shape index (κ1) is 18.2. The van der Waals surface area contributed by atoms with E-state index in [0.717, 1.165) is 12.0 Å². The van der Waals surface area contributed by atoms with E-state index in [1.807, 2.05) is 42.5 Å². The minimum atomic E-state index is -1.25. The second-order valence-electron chi connectivity index (χ2n) is 6.21. The van der Waals surface area contributed by atoms with Gasteiger partial charge in [0.1, 0.15) is 0 Å². The molecule has 1 amide bonds. The standard InChI is InChI=1S/C20H25NO3/c1-3-15-9-11-16(12-10-15)18(14-22)21-19(23)13-20(2,24)17-7-5-4-6-8-17/h4-12,18,22,24H,3,13-14H2,1-2H3,(H,21,23). The van der Waals surface area contributed by atoms with E-state index < -0.39 is 11.6 Å². The van der Waals surface area contributed by atoms with Crippen molar-refractivity contribution in [2.75, 3.05) is 6.61 Å². The highest BCUT2D eigenvalue weighted by Gasteiger charge is 2.27. The van der Waals surface area contributed by atoms with Crippen LogP contribution in [-0.4, -0.2) is 22.7 Å². The summed E-state index contributed by atoms with van der Waals surface area (Å²) in [5.74, 6) is -0.303. The number of carbonyl (C=O) groups is 1. The molecule has 2 aromatic rings. The first-order valence-electron chi connectivity index (χ1n) is 8.23. The number of nitrogens with one attached hydrogen (secondary N) is 1. The number of aliphatic hydroxyl groups excluding tert-OH is 1. The summed E-state index contributed by atoms with van der Waals surface area (Å²) in [6.07, 6.45) is 0.872. The maximum absolute atomic E-state index is 12.3. The Balaban J connectivity index is 2.03. The zero-order valence-electron chi connectivity index (χ0n) is 14.2. The molecule has 2 atom stereocenters. The maximum atomic E-state index is 12.3. The SMILES string of the molecule is CCc1ccc(C(CO)NC(=O)CC(C)(O)c2ccccc2)cc1. The normalized spacial score (nSPS) is 14.7. The lowest BCUT2D eigenvalue weighted by atomic mass is 9.92. The smallest absolute Gasteiger partial charge is 0.223 e. The third kappa shape index (κ3) is 4.66. The van der Waals surface area contributed by atoms with Crippen LogP contribution in [0.25, 0.3) is 0 Å². The van der Waals surface area contributed by atoms with Gasteiger partial charge in [-0.2, -0.15) is 0 Å². The van der Waals surface area contributed by atoms with Crippen LogP contribution in [0.5, 0.6) is 0 Å². The van der Waals surface area contributed by atoms with Crippen molar-refractivity contribution in [1.82, 2.24) is 5.32 Å². The third-order valence-corrected chi connectivity index (χ3v) is 4.21. The van der Waals surface area contributed by atoms with Gasteiger partial charge < -0.3 is 15.5 Å². The Morgan fingerprint density at radius 1 is 1.12 bits per heavy atom. The molecule has 2 aromatic carbocycles. The monoisotopic (exact) mass is 327 g/mol. The highest BCUT2D eigenvalue weighted by atomic mass is 16.3. The Labute approximate surface area is 143 Å². The summed E-state index contributed by atoms with van der Waals surface area (Å²) in [5, 5.41) is 22.9. The summed E-state index contributed by atoms with van der Waals surface area (Å²) < 4.78 is 0. The van der Waals surface area contributed by atoms with Gasteiger partial charge in [-0.05, 0) is 30.0 Å². The molecule has 2 rings (SSSR count). The topological polar surface area (TPSA) is 69.6 Å². The third-order valence-electron chi connectivity index (χ3n) is 4.21. The lowest BCUT2D eigenvalue weighted by Gasteiger charge is -2.25. The largest absolute Gasteiger partial charge is 0.394 e. The van der Waals surface area contributed by atoms with Crippen molar-refractivity contribution in [2.45, 2.75) is 38.3 Å². The average molecular weight is 327 g/mol. The van der Waals surface area contributed by atoms with Crippen molar-refractivity contribution in [2.24, 2.45) is 0 Å². The number of hydrogen-bond donors (Lipinski definition) is 3. The first-order chi connectivity index (χ1) is 11.5. The first-order valence-corrected chi connectivity index (χ1v) is 8.23. The molecule has 4 heteroatoms. The van der Waals surface area contributed by atoms with Crippen LogP contribution in [0.3, 0.4) is 0 Å². The highest BCUT2D eigenvalue weighted by molar-refractivity contribution is 5.77. The molecule has 0 saturated heterocycles. The zero-order valence-corrected chi connectivity index (χ0v) is 14.2. The minimum Gasteiger partial charge on any atom is -0.394 e. The van der Waals surface area contributed by atoms with Gasteiger partial charge in [0.05, 0.1) is 24.7 Å². The number of aliphatic hydroxyl groups is 2. The predicted molar refractivity (Wildman–Crippen MR) is 94.4 cm³/mol. The molecule has 0 heterocycles. The second-order valence-corrected chi connectivity index (χ2v) is 6.21. The number of benzene rings is 2. The van der Waals surface area contributed by atoms with Crippen LogP contribution < -0.4 is 5.32 Å². The Hall–Kier alpha value is -2.17. The van der Waals surface area contributed by atoms with Gasteiger partial charge in [-0.15, -0.1) is 0 Å². The molecule has 0 spiro atoms.